The van der Waals surface area contributed by atoms with Gasteiger partial charge >= 0.3 is 0 Å². The molecule has 1 heteroatoms. The highest BCUT2D eigenvalue weighted by Crippen LogP contribution is 2.22. The van der Waals surface area contributed by atoms with Crippen LogP contribution in [-0.2, 0) is 4.79 Å². The minimum atomic E-state index is 0.151. The van der Waals surface area contributed by atoms with Crippen LogP contribution in [0.4, 0.5) is 0 Å². The van der Waals surface area contributed by atoms with Crippen molar-refractivity contribution >= 4 is 5.78 Å². The monoisotopic (exact) mass is 160 g/mol. The van der Waals surface area contributed by atoms with Gasteiger partial charge in [-0.15, -0.1) is 5.73 Å². The SMILES string of the molecule is C=C=C(C)C1=CCC(C(C)=O)=C1. The van der Waals surface area contributed by atoms with Gasteiger partial charge in [-0.3, -0.25) is 4.79 Å². The molecule has 0 saturated heterocycles. The molecule has 0 aromatic rings. The molecule has 0 fully saturated rings. The zero-order valence-electron chi connectivity index (χ0n) is 7.48. The summed E-state index contributed by atoms with van der Waals surface area (Å²) in [7, 11) is 0. The molecule has 0 atom stereocenters. The van der Waals surface area contributed by atoms with Gasteiger partial charge < -0.3 is 0 Å². The van der Waals surface area contributed by atoms with Crippen LogP contribution < -0.4 is 0 Å². The molecular weight excluding hydrogens is 148 g/mol. The summed E-state index contributed by atoms with van der Waals surface area (Å²) >= 11 is 0. The van der Waals surface area contributed by atoms with E-state index >= 15 is 0 Å². The molecule has 1 rings (SSSR count). The largest absolute Gasteiger partial charge is 0.295 e. The molecule has 0 aliphatic heterocycles. The number of ketones is 1. The molecule has 0 aromatic heterocycles. The summed E-state index contributed by atoms with van der Waals surface area (Å²) in [6, 6.07) is 0. The van der Waals surface area contributed by atoms with Crippen LogP contribution in [-0.4, -0.2) is 5.78 Å². The summed E-state index contributed by atoms with van der Waals surface area (Å²) < 4.78 is 0. The molecule has 0 amide bonds. The Hall–Kier alpha value is -1.33. The number of allylic oxidation sites excluding steroid dienone is 5. The van der Waals surface area contributed by atoms with Crippen LogP contribution in [0.5, 0.6) is 0 Å². The van der Waals surface area contributed by atoms with Crippen molar-refractivity contribution in [1.82, 2.24) is 0 Å². The molecule has 0 spiro atoms. The van der Waals surface area contributed by atoms with Crippen LogP contribution >= 0.6 is 0 Å². The van der Waals surface area contributed by atoms with E-state index in [0.29, 0.717) is 0 Å². The van der Waals surface area contributed by atoms with E-state index in [4.69, 9.17) is 0 Å². The zero-order valence-corrected chi connectivity index (χ0v) is 7.48. The second kappa shape index (κ2) is 3.38. The summed E-state index contributed by atoms with van der Waals surface area (Å²) in [5, 5.41) is 0. The molecule has 1 nitrogen and oxygen atoms in total. The van der Waals surface area contributed by atoms with Gasteiger partial charge in [0, 0.05) is 0 Å². The Balaban J connectivity index is 2.88. The highest BCUT2D eigenvalue weighted by Gasteiger charge is 2.10. The minimum Gasteiger partial charge on any atom is -0.295 e. The number of carbonyl (C=O) groups is 1. The minimum absolute atomic E-state index is 0.151. The third-order valence-electron chi connectivity index (χ3n) is 2.02. The van der Waals surface area contributed by atoms with Gasteiger partial charge in [0.2, 0.25) is 0 Å². The topological polar surface area (TPSA) is 17.1 Å². The first-order valence-electron chi connectivity index (χ1n) is 3.94. The van der Waals surface area contributed by atoms with Crippen molar-refractivity contribution in [2.75, 3.05) is 0 Å². The lowest BCUT2D eigenvalue weighted by atomic mass is 10.1. The van der Waals surface area contributed by atoms with Gasteiger partial charge in [-0.1, -0.05) is 12.7 Å². The first-order chi connectivity index (χ1) is 5.65. The lowest BCUT2D eigenvalue weighted by Crippen LogP contribution is -1.91. The van der Waals surface area contributed by atoms with Crippen molar-refractivity contribution in [3.63, 3.8) is 0 Å². The molecule has 0 radical (unpaired) electrons. The fourth-order valence-corrected chi connectivity index (χ4v) is 1.13. The third kappa shape index (κ3) is 1.63. The van der Waals surface area contributed by atoms with Crippen molar-refractivity contribution in [3.05, 3.63) is 41.2 Å². The molecule has 12 heavy (non-hydrogen) atoms. The maximum absolute atomic E-state index is 11.0. The first-order valence-corrected chi connectivity index (χ1v) is 3.94. The highest BCUT2D eigenvalue weighted by atomic mass is 16.1. The third-order valence-corrected chi connectivity index (χ3v) is 2.02. The number of Topliss-reactive ketones (excluding diaryl/α,β-unsaturated/α-hetero) is 1. The fourth-order valence-electron chi connectivity index (χ4n) is 1.13. The molecule has 0 heterocycles. The second-order valence-electron chi connectivity index (χ2n) is 2.89. The van der Waals surface area contributed by atoms with Crippen LogP contribution in [0.25, 0.3) is 0 Å². The van der Waals surface area contributed by atoms with E-state index in [1.54, 1.807) is 6.92 Å². The number of rotatable bonds is 2. The number of hydrogen-bond acceptors (Lipinski definition) is 1. The van der Waals surface area contributed by atoms with Crippen molar-refractivity contribution in [3.8, 4) is 0 Å². The zero-order chi connectivity index (χ0) is 9.14. The van der Waals surface area contributed by atoms with E-state index in [1.165, 1.54) is 0 Å². The van der Waals surface area contributed by atoms with Crippen LogP contribution in [0.1, 0.15) is 20.3 Å². The van der Waals surface area contributed by atoms with E-state index in [0.717, 1.165) is 23.1 Å². The smallest absolute Gasteiger partial charge is 0.156 e. The van der Waals surface area contributed by atoms with Gasteiger partial charge in [-0.05, 0) is 43.1 Å². The lowest BCUT2D eigenvalue weighted by Gasteiger charge is -1.93. The predicted octanol–water partition coefficient (Wildman–Crippen LogP) is 2.56. The van der Waals surface area contributed by atoms with Crippen LogP contribution in [0.3, 0.4) is 0 Å². The molecule has 1 aliphatic rings. The van der Waals surface area contributed by atoms with Crippen molar-refractivity contribution < 1.29 is 4.79 Å². The normalized spacial score (nSPS) is 14.8. The summed E-state index contributed by atoms with van der Waals surface area (Å²) in [6.45, 7) is 7.09. The van der Waals surface area contributed by atoms with Crippen LogP contribution in [0, 0.1) is 0 Å². The second-order valence-corrected chi connectivity index (χ2v) is 2.89. The van der Waals surface area contributed by atoms with Gasteiger partial charge in [0.25, 0.3) is 0 Å². The predicted molar refractivity (Wildman–Crippen MR) is 49.8 cm³/mol. The molecule has 0 aromatic carbocycles. The first kappa shape index (κ1) is 8.76. The Kier molecular flexibility index (Phi) is 2.47. The summed E-state index contributed by atoms with van der Waals surface area (Å²) in [4.78, 5) is 11.0. The van der Waals surface area contributed by atoms with Crippen molar-refractivity contribution in [2.45, 2.75) is 20.3 Å². The molecule has 62 valence electrons. The van der Waals surface area contributed by atoms with Gasteiger partial charge in [0.05, 0.1) is 0 Å². The summed E-state index contributed by atoms with van der Waals surface area (Å²) in [5.41, 5.74) is 5.77. The highest BCUT2D eigenvalue weighted by molar-refractivity contribution is 5.95. The molecule has 0 unspecified atom stereocenters. The molecule has 0 N–H and O–H groups in total. The number of carbonyl (C=O) groups excluding carboxylic acids is 1. The Morgan fingerprint density at radius 3 is 2.67 bits per heavy atom. The quantitative estimate of drug-likeness (QED) is 0.567. The van der Waals surface area contributed by atoms with Gasteiger partial charge in [0.15, 0.2) is 5.78 Å². The van der Waals surface area contributed by atoms with Gasteiger partial charge in [0.1, 0.15) is 0 Å². The van der Waals surface area contributed by atoms with Gasteiger partial charge in [-0.2, -0.15) is 0 Å². The Labute approximate surface area is 72.8 Å². The van der Waals surface area contributed by atoms with E-state index in [-0.39, 0.29) is 5.78 Å². The van der Waals surface area contributed by atoms with Crippen LogP contribution in [0.2, 0.25) is 0 Å². The molecule has 0 bridgehead atoms. The van der Waals surface area contributed by atoms with Crippen LogP contribution in [0.15, 0.2) is 41.2 Å². The average Bonchev–Trinajstić information content (AvgIpc) is 2.51. The summed E-state index contributed by atoms with van der Waals surface area (Å²) in [6.07, 6.45) is 4.70. The molecular formula is C11H12O. The van der Waals surface area contributed by atoms with Gasteiger partial charge in [-0.25, -0.2) is 0 Å². The lowest BCUT2D eigenvalue weighted by molar-refractivity contribution is -0.113. The summed E-state index contributed by atoms with van der Waals surface area (Å²) in [5.74, 6) is 0.151. The maximum Gasteiger partial charge on any atom is 0.156 e. The Morgan fingerprint density at radius 2 is 2.25 bits per heavy atom. The van der Waals surface area contributed by atoms with Crippen molar-refractivity contribution in [1.29, 1.82) is 0 Å². The van der Waals surface area contributed by atoms with E-state index in [1.807, 2.05) is 19.1 Å². The van der Waals surface area contributed by atoms with E-state index in [9.17, 15) is 4.79 Å². The Morgan fingerprint density at radius 1 is 1.58 bits per heavy atom. The fraction of sp³-hybridized carbons (Fsp3) is 0.273. The molecule has 0 saturated carbocycles. The number of hydrogen-bond donors (Lipinski definition) is 0. The average molecular weight is 160 g/mol. The Bertz CT molecular complexity index is 323. The standard InChI is InChI=1S/C11H12O/c1-4-8(2)10-5-6-11(7-10)9(3)12/h5,7H,1,6H2,2-3H3. The van der Waals surface area contributed by atoms with Crippen molar-refractivity contribution in [2.24, 2.45) is 0 Å². The van der Waals surface area contributed by atoms with E-state index in [2.05, 4.69) is 12.3 Å². The van der Waals surface area contributed by atoms with E-state index < -0.39 is 0 Å². The maximum atomic E-state index is 11.0. The molecule has 1 aliphatic carbocycles.